The van der Waals surface area contributed by atoms with Gasteiger partial charge in [-0.3, -0.25) is 4.68 Å². The molecule has 96 valence electrons. The summed E-state index contributed by atoms with van der Waals surface area (Å²) in [5.41, 5.74) is 9.47. The number of halogens is 1. The fourth-order valence-electron chi connectivity index (χ4n) is 2.13. The normalized spacial score (nSPS) is 12.7. The Hall–Kier alpha value is -1.32. The summed E-state index contributed by atoms with van der Waals surface area (Å²) in [4.78, 5) is 0. The zero-order chi connectivity index (χ0) is 13.1. The lowest BCUT2D eigenvalue weighted by atomic mass is 9.99. The highest BCUT2D eigenvalue weighted by atomic mass is 35.5. The average Bonchev–Trinajstić information content (AvgIpc) is 2.80. The lowest BCUT2D eigenvalue weighted by Gasteiger charge is -2.17. The van der Waals surface area contributed by atoms with Crippen molar-refractivity contribution in [3.05, 3.63) is 52.3 Å². The van der Waals surface area contributed by atoms with E-state index in [4.69, 9.17) is 17.3 Å². The maximum Gasteiger partial charge on any atom is 0.0726 e. The molecule has 1 aromatic carbocycles. The van der Waals surface area contributed by atoms with Crippen LogP contribution < -0.4 is 5.73 Å². The van der Waals surface area contributed by atoms with Crippen LogP contribution in [0.15, 0.2) is 30.5 Å². The standard InChI is InChI=1S/C14H18ClN3/c1-3-9-18-13(7-8-17-18)14(16)11-5-4-6-12(15)10(11)2/h4-8,14H,3,9,16H2,1-2H3. The Morgan fingerprint density at radius 2 is 2.17 bits per heavy atom. The van der Waals surface area contributed by atoms with E-state index >= 15 is 0 Å². The Labute approximate surface area is 113 Å². The zero-order valence-electron chi connectivity index (χ0n) is 10.7. The fraction of sp³-hybridized carbons (Fsp3) is 0.357. The van der Waals surface area contributed by atoms with Crippen molar-refractivity contribution in [2.24, 2.45) is 5.73 Å². The Bertz CT molecular complexity index is 534. The van der Waals surface area contributed by atoms with Gasteiger partial charge in [0.25, 0.3) is 0 Å². The summed E-state index contributed by atoms with van der Waals surface area (Å²) in [6, 6.07) is 7.63. The first-order valence-electron chi connectivity index (χ1n) is 6.17. The zero-order valence-corrected chi connectivity index (χ0v) is 11.5. The second kappa shape index (κ2) is 5.55. The summed E-state index contributed by atoms with van der Waals surface area (Å²) in [5.74, 6) is 0. The number of hydrogen-bond donors (Lipinski definition) is 1. The van der Waals surface area contributed by atoms with E-state index in [1.807, 2.05) is 35.9 Å². The number of aromatic nitrogens is 2. The van der Waals surface area contributed by atoms with Crippen LogP contribution in [0.25, 0.3) is 0 Å². The van der Waals surface area contributed by atoms with Gasteiger partial charge in [-0.1, -0.05) is 30.7 Å². The van der Waals surface area contributed by atoms with Crippen molar-refractivity contribution in [2.45, 2.75) is 32.9 Å². The van der Waals surface area contributed by atoms with E-state index in [1.165, 1.54) is 0 Å². The van der Waals surface area contributed by atoms with Crippen molar-refractivity contribution in [1.82, 2.24) is 9.78 Å². The van der Waals surface area contributed by atoms with Crippen molar-refractivity contribution in [3.8, 4) is 0 Å². The van der Waals surface area contributed by atoms with Gasteiger partial charge in [-0.05, 0) is 36.6 Å². The van der Waals surface area contributed by atoms with Gasteiger partial charge in [0, 0.05) is 17.8 Å². The molecule has 0 aliphatic heterocycles. The quantitative estimate of drug-likeness (QED) is 0.920. The third kappa shape index (κ3) is 2.42. The molecule has 2 aromatic rings. The summed E-state index contributed by atoms with van der Waals surface area (Å²) in [5, 5.41) is 5.06. The number of benzene rings is 1. The smallest absolute Gasteiger partial charge is 0.0726 e. The summed E-state index contributed by atoms with van der Waals surface area (Å²) >= 11 is 6.14. The molecule has 1 atom stereocenters. The van der Waals surface area contributed by atoms with Crippen LogP contribution >= 0.6 is 11.6 Å². The fourth-order valence-corrected chi connectivity index (χ4v) is 2.31. The van der Waals surface area contributed by atoms with Gasteiger partial charge in [-0.25, -0.2) is 0 Å². The van der Waals surface area contributed by atoms with Gasteiger partial charge in [-0.15, -0.1) is 0 Å². The number of nitrogens with zero attached hydrogens (tertiary/aromatic N) is 2. The van der Waals surface area contributed by atoms with Crippen LogP contribution in [0.1, 0.15) is 36.2 Å². The molecule has 0 aliphatic rings. The molecule has 1 unspecified atom stereocenters. The Balaban J connectivity index is 2.38. The molecule has 2 rings (SSSR count). The first kappa shape index (κ1) is 13.1. The largest absolute Gasteiger partial charge is 0.319 e. The second-order valence-electron chi connectivity index (χ2n) is 4.41. The molecule has 0 amide bonds. The van der Waals surface area contributed by atoms with Crippen molar-refractivity contribution in [1.29, 1.82) is 0 Å². The third-order valence-corrected chi connectivity index (χ3v) is 3.56. The molecule has 0 spiro atoms. The molecule has 0 aliphatic carbocycles. The molecule has 2 N–H and O–H groups in total. The highest BCUT2D eigenvalue weighted by Gasteiger charge is 2.16. The van der Waals surface area contributed by atoms with Crippen LogP contribution in [0.4, 0.5) is 0 Å². The molecular weight excluding hydrogens is 246 g/mol. The molecule has 4 heteroatoms. The van der Waals surface area contributed by atoms with Crippen molar-refractivity contribution < 1.29 is 0 Å². The van der Waals surface area contributed by atoms with Gasteiger partial charge in [0.05, 0.1) is 11.7 Å². The lowest BCUT2D eigenvalue weighted by Crippen LogP contribution is -2.18. The first-order chi connectivity index (χ1) is 8.65. The minimum atomic E-state index is -0.183. The average molecular weight is 264 g/mol. The van der Waals surface area contributed by atoms with Crippen LogP contribution in [-0.2, 0) is 6.54 Å². The molecule has 0 fully saturated rings. The monoisotopic (exact) mass is 263 g/mol. The summed E-state index contributed by atoms with van der Waals surface area (Å²) in [6.07, 6.45) is 2.83. The van der Waals surface area contributed by atoms with Crippen LogP contribution in [0.3, 0.4) is 0 Å². The number of hydrogen-bond acceptors (Lipinski definition) is 2. The van der Waals surface area contributed by atoms with E-state index in [2.05, 4.69) is 12.0 Å². The van der Waals surface area contributed by atoms with E-state index in [1.54, 1.807) is 6.20 Å². The van der Waals surface area contributed by atoms with Gasteiger partial charge >= 0.3 is 0 Å². The lowest BCUT2D eigenvalue weighted by molar-refractivity contribution is 0.559. The maximum atomic E-state index is 6.34. The van der Waals surface area contributed by atoms with Crippen molar-refractivity contribution >= 4 is 11.6 Å². The molecule has 1 heterocycles. The van der Waals surface area contributed by atoms with Crippen LogP contribution in [0.2, 0.25) is 5.02 Å². The number of rotatable bonds is 4. The Morgan fingerprint density at radius 1 is 1.39 bits per heavy atom. The van der Waals surface area contributed by atoms with E-state index in [9.17, 15) is 0 Å². The summed E-state index contributed by atoms with van der Waals surface area (Å²) < 4.78 is 1.96. The molecule has 0 saturated heterocycles. The minimum absolute atomic E-state index is 0.183. The SMILES string of the molecule is CCCn1nccc1C(N)c1cccc(Cl)c1C. The minimum Gasteiger partial charge on any atom is -0.319 e. The number of nitrogens with two attached hydrogens (primary N) is 1. The molecule has 0 saturated carbocycles. The predicted octanol–water partition coefficient (Wildman–Crippen LogP) is 3.30. The molecule has 0 radical (unpaired) electrons. The van der Waals surface area contributed by atoms with Gasteiger partial charge in [0.1, 0.15) is 0 Å². The van der Waals surface area contributed by atoms with Crippen molar-refractivity contribution in [2.75, 3.05) is 0 Å². The van der Waals surface area contributed by atoms with E-state index in [-0.39, 0.29) is 6.04 Å². The van der Waals surface area contributed by atoms with E-state index < -0.39 is 0 Å². The molecule has 0 bridgehead atoms. The Kier molecular flexibility index (Phi) is 4.04. The second-order valence-corrected chi connectivity index (χ2v) is 4.82. The Morgan fingerprint density at radius 3 is 2.89 bits per heavy atom. The van der Waals surface area contributed by atoms with Crippen LogP contribution in [0.5, 0.6) is 0 Å². The highest BCUT2D eigenvalue weighted by molar-refractivity contribution is 6.31. The van der Waals surface area contributed by atoms with Crippen molar-refractivity contribution in [3.63, 3.8) is 0 Å². The van der Waals surface area contributed by atoms with Gasteiger partial charge in [0.2, 0.25) is 0 Å². The number of aryl methyl sites for hydroxylation is 1. The molecule has 18 heavy (non-hydrogen) atoms. The van der Waals surface area contributed by atoms with Gasteiger partial charge in [0.15, 0.2) is 0 Å². The first-order valence-corrected chi connectivity index (χ1v) is 6.55. The van der Waals surface area contributed by atoms with Gasteiger partial charge < -0.3 is 5.73 Å². The summed E-state index contributed by atoms with van der Waals surface area (Å²) in [6.45, 7) is 5.01. The third-order valence-electron chi connectivity index (χ3n) is 3.15. The molecule has 1 aromatic heterocycles. The summed E-state index contributed by atoms with van der Waals surface area (Å²) in [7, 11) is 0. The predicted molar refractivity (Wildman–Crippen MR) is 74.7 cm³/mol. The highest BCUT2D eigenvalue weighted by Crippen LogP contribution is 2.27. The van der Waals surface area contributed by atoms with E-state index in [0.29, 0.717) is 0 Å². The van der Waals surface area contributed by atoms with E-state index in [0.717, 1.165) is 34.8 Å². The van der Waals surface area contributed by atoms with Gasteiger partial charge in [-0.2, -0.15) is 5.10 Å². The topological polar surface area (TPSA) is 43.8 Å². The molecule has 3 nitrogen and oxygen atoms in total. The van der Waals surface area contributed by atoms with Crippen LogP contribution in [-0.4, -0.2) is 9.78 Å². The van der Waals surface area contributed by atoms with Crippen LogP contribution in [0, 0.1) is 6.92 Å². The molecular formula is C14H18ClN3. The maximum absolute atomic E-state index is 6.34.